The largest absolute Gasteiger partial charge is 0.459 e. The van der Waals surface area contributed by atoms with Crippen LogP contribution in [0.25, 0.3) is 0 Å². The van der Waals surface area contributed by atoms with Crippen LogP contribution in [0.1, 0.15) is 69.7 Å². The average Bonchev–Trinajstić information content (AvgIpc) is 2.47. The lowest BCUT2D eigenvalue weighted by Crippen LogP contribution is -2.15. The van der Waals surface area contributed by atoms with E-state index < -0.39 is 0 Å². The fourth-order valence-electron chi connectivity index (χ4n) is 2.17. The zero-order chi connectivity index (χ0) is 16.4. The standard InChI is InChI=1S/C18H26O4/c1-4-5-6-7-8-9-14(2)21-18(20)16-10-12-17(13-11-16)22-15(3)19/h10-14H,4-9H2,1-3H3/t14-/m1/s1. The molecule has 0 saturated carbocycles. The maximum Gasteiger partial charge on any atom is 0.338 e. The molecule has 0 aliphatic carbocycles. The summed E-state index contributed by atoms with van der Waals surface area (Å²) in [4.78, 5) is 22.8. The van der Waals surface area contributed by atoms with Crippen LogP contribution in [0.5, 0.6) is 5.75 Å². The fourth-order valence-corrected chi connectivity index (χ4v) is 2.17. The minimum Gasteiger partial charge on any atom is -0.459 e. The number of carbonyl (C=O) groups is 2. The summed E-state index contributed by atoms with van der Waals surface area (Å²) in [5.41, 5.74) is 0.466. The predicted molar refractivity (Wildman–Crippen MR) is 86.0 cm³/mol. The van der Waals surface area contributed by atoms with Crippen LogP contribution in [0.2, 0.25) is 0 Å². The molecule has 0 aliphatic heterocycles. The summed E-state index contributed by atoms with van der Waals surface area (Å²) < 4.78 is 10.3. The molecule has 0 saturated heterocycles. The van der Waals surface area contributed by atoms with E-state index >= 15 is 0 Å². The van der Waals surface area contributed by atoms with E-state index in [1.54, 1.807) is 24.3 Å². The van der Waals surface area contributed by atoms with Crippen LogP contribution in [-0.4, -0.2) is 18.0 Å². The third-order valence-corrected chi connectivity index (χ3v) is 3.37. The van der Waals surface area contributed by atoms with Crippen LogP contribution in [0.4, 0.5) is 0 Å². The van der Waals surface area contributed by atoms with E-state index in [9.17, 15) is 9.59 Å². The second kappa shape index (κ2) is 9.98. The molecule has 1 aromatic carbocycles. The second-order valence-electron chi connectivity index (χ2n) is 5.54. The fraction of sp³-hybridized carbons (Fsp3) is 0.556. The smallest absolute Gasteiger partial charge is 0.338 e. The number of carbonyl (C=O) groups excluding carboxylic acids is 2. The molecule has 0 spiro atoms. The van der Waals surface area contributed by atoms with Crippen molar-refractivity contribution in [3.05, 3.63) is 29.8 Å². The zero-order valence-electron chi connectivity index (χ0n) is 13.8. The lowest BCUT2D eigenvalue weighted by molar-refractivity contribution is -0.131. The van der Waals surface area contributed by atoms with E-state index in [1.165, 1.54) is 32.6 Å². The van der Waals surface area contributed by atoms with Gasteiger partial charge in [0.1, 0.15) is 5.75 Å². The van der Waals surface area contributed by atoms with Gasteiger partial charge in [0.15, 0.2) is 0 Å². The molecule has 122 valence electrons. The van der Waals surface area contributed by atoms with Crippen LogP contribution >= 0.6 is 0 Å². The van der Waals surface area contributed by atoms with Gasteiger partial charge in [0.2, 0.25) is 0 Å². The molecule has 22 heavy (non-hydrogen) atoms. The predicted octanol–water partition coefficient (Wildman–Crippen LogP) is 4.52. The summed E-state index contributed by atoms with van der Waals surface area (Å²) in [5, 5.41) is 0. The van der Waals surface area contributed by atoms with Crippen LogP contribution in [0.15, 0.2) is 24.3 Å². The van der Waals surface area contributed by atoms with Crippen molar-refractivity contribution in [2.24, 2.45) is 0 Å². The van der Waals surface area contributed by atoms with Crippen molar-refractivity contribution in [1.82, 2.24) is 0 Å². The first-order chi connectivity index (χ1) is 10.5. The summed E-state index contributed by atoms with van der Waals surface area (Å²) in [6.07, 6.45) is 6.82. The minimum atomic E-state index is -0.382. The van der Waals surface area contributed by atoms with Gasteiger partial charge in [-0.2, -0.15) is 0 Å². The number of unbranched alkanes of at least 4 members (excludes halogenated alkanes) is 4. The molecule has 1 atom stereocenters. The molecule has 0 radical (unpaired) electrons. The Bertz CT molecular complexity index is 464. The Labute approximate surface area is 132 Å². The van der Waals surface area contributed by atoms with E-state index in [0.717, 1.165) is 12.8 Å². The molecule has 0 heterocycles. The first-order valence-electron chi connectivity index (χ1n) is 8.02. The Morgan fingerprint density at radius 3 is 2.27 bits per heavy atom. The van der Waals surface area contributed by atoms with Gasteiger partial charge in [0.05, 0.1) is 11.7 Å². The van der Waals surface area contributed by atoms with Gasteiger partial charge in [-0.1, -0.05) is 32.6 Å². The van der Waals surface area contributed by atoms with Crippen molar-refractivity contribution >= 4 is 11.9 Å². The topological polar surface area (TPSA) is 52.6 Å². The highest BCUT2D eigenvalue weighted by molar-refractivity contribution is 5.89. The molecule has 1 aromatic rings. The Hall–Kier alpha value is -1.84. The molecule has 4 nitrogen and oxygen atoms in total. The van der Waals surface area contributed by atoms with Crippen molar-refractivity contribution < 1.29 is 19.1 Å². The summed E-state index contributed by atoms with van der Waals surface area (Å²) in [7, 11) is 0. The van der Waals surface area contributed by atoms with Gasteiger partial charge in [-0.15, -0.1) is 0 Å². The Balaban J connectivity index is 2.36. The lowest BCUT2D eigenvalue weighted by atomic mass is 10.1. The average molecular weight is 306 g/mol. The monoisotopic (exact) mass is 306 g/mol. The number of ether oxygens (including phenoxy) is 2. The van der Waals surface area contributed by atoms with Crippen molar-refractivity contribution in [2.45, 2.75) is 65.4 Å². The molecule has 0 amide bonds. The van der Waals surface area contributed by atoms with E-state index in [1.807, 2.05) is 6.92 Å². The molecule has 0 aliphatic rings. The van der Waals surface area contributed by atoms with Gasteiger partial charge < -0.3 is 9.47 Å². The number of rotatable bonds is 9. The van der Waals surface area contributed by atoms with Crippen LogP contribution in [-0.2, 0) is 9.53 Å². The van der Waals surface area contributed by atoms with Gasteiger partial charge in [-0.05, 0) is 44.0 Å². The molecular formula is C18H26O4. The Morgan fingerprint density at radius 1 is 1.05 bits per heavy atom. The minimum absolute atomic E-state index is 0.0812. The van der Waals surface area contributed by atoms with Gasteiger partial charge in [-0.25, -0.2) is 4.79 Å². The van der Waals surface area contributed by atoms with Crippen LogP contribution in [0.3, 0.4) is 0 Å². The van der Waals surface area contributed by atoms with Crippen molar-refractivity contribution in [1.29, 1.82) is 0 Å². The molecule has 0 aromatic heterocycles. The highest BCUT2D eigenvalue weighted by Crippen LogP contribution is 2.15. The van der Waals surface area contributed by atoms with Crippen LogP contribution < -0.4 is 4.74 Å². The lowest BCUT2D eigenvalue weighted by Gasteiger charge is -2.13. The molecular weight excluding hydrogens is 280 g/mol. The highest BCUT2D eigenvalue weighted by Gasteiger charge is 2.12. The molecule has 4 heteroatoms. The van der Waals surface area contributed by atoms with Gasteiger partial charge >= 0.3 is 11.9 Å². The third-order valence-electron chi connectivity index (χ3n) is 3.37. The first-order valence-corrected chi connectivity index (χ1v) is 8.02. The molecule has 0 unspecified atom stereocenters. The number of esters is 2. The number of hydrogen-bond donors (Lipinski definition) is 0. The Morgan fingerprint density at radius 2 is 1.68 bits per heavy atom. The summed E-state index contributed by atoms with van der Waals surface area (Å²) in [6.45, 7) is 5.45. The molecule has 0 bridgehead atoms. The molecule has 0 N–H and O–H groups in total. The molecule has 0 fully saturated rings. The summed E-state index contributed by atoms with van der Waals surface area (Å²) in [5.74, 6) is -0.296. The SMILES string of the molecule is CCCCCCC[C@@H](C)OC(=O)c1ccc(OC(C)=O)cc1. The van der Waals surface area contributed by atoms with Gasteiger partial charge in [-0.3, -0.25) is 4.79 Å². The van der Waals surface area contributed by atoms with Crippen molar-refractivity contribution in [2.75, 3.05) is 0 Å². The van der Waals surface area contributed by atoms with Crippen molar-refractivity contribution in [3.8, 4) is 5.75 Å². The van der Waals surface area contributed by atoms with Gasteiger partial charge in [0.25, 0.3) is 0 Å². The van der Waals surface area contributed by atoms with E-state index in [0.29, 0.717) is 11.3 Å². The quantitative estimate of drug-likeness (QED) is 0.382. The molecule has 1 rings (SSSR count). The van der Waals surface area contributed by atoms with Crippen molar-refractivity contribution in [3.63, 3.8) is 0 Å². The summed E-state index contributed by atoms with van der Waals surface area (Å²) in [6, 6.07) is 6.39. The second-order valence-corrected chi connectivity index (χ2v) is 5.54. The first kappa shape index (κ1) is 18.2. The maximum atomic E-state index is 12.0. The number of benzene rings is 1. The third kappa shape index (κ3) is 7.25. The van der Waals surface area contributed by atoms with Crippen LogP contribution in [0, 0.1) is 0 Å². The van der Waals surface area contributed by atoms with E-state index in [-0.39, 0.29) is 18.0 Å². The van der Waals surface area contributed by atoms with Gasteiger partial charge in [0, 0.05) is 6.92 Å². The summed E-state index contributed by atoms with van der Waals surface area (Å²) >= 11 is 0. The maximum absolute atomic E-state index is 12.0. The van der Waals surface area contributed by atoms with E-state index in [2.05, 4.69) is 6.92 Å². The number of hydrogen-bond acceptors (Lipinski definition) is 4. The zero-order valence-corrected chi connectivity index (χ0v) is 13.8. The highest BCUT2D eigenvalue weighted by atomic mass is 16.5. The van der Waals surface area contributed by atoms with E-state index in [4.69, 9.17) is 9.47 Å². The normalized spacial score (nSPS) is 11.8. The Kier molecular flexibility index (Phi) is 8.26.